The number of hydrogen-bond donors (Lipinski definition) is 1. The third-order valence-electron chi connectivity index (χ3n) is 3.32. The summed E-state index contributed by atoms with van der Waals surface area (Å²) in [5.74, 6) is -0.162. The second kappa shape index (κ2) is 5.94. The summed E-state index contributed by atoms with van der Waals surface area (Å²) in [4.78, 5) is 2.38. The Morgan fingerprint density at radius 2 is 2.35 bits per heavy atom. The predicted octanol–water partition coefficient (Wildman–Crippen LogP) is 2.77. The van der Waals surface area contributed by atoms with Crippen molar-refractivity contribution in [3.8, 4) is 0 Å². The molecule has 0 amide bonds. The van der Waals surface area contributed by atoms with Crippen molar-refractivity contribution in [2.24, 2.45) is 0 Å². The number of piperidine rings is 1. The predicted molar refractivity (Wildman–Crippen MR) is 71.5 cm³/mol. The van der Waals surface area contributed by atoms with Crippen LogP contribution in [0.3, 0.4) is 0 Å². The summed E-state index contributed by atoms with van der Waals surface area (Å²) in [5, 5.41) is 3.32. The molecule has 1 saturated heterocycles. The molecule has 1 atom stereocenters. The molecule has 0 saturated carbocycles. The lowest BCUT2D eigenvalue weighted by molar-refractivity contribution is 0.187. The number of hydrogen-bond acceptors (Lipinski definition) is 2. The number of likely N-dealkylation sites (N-methyl/N-ethyl adjacent to an activating group) is 1. The molecule has 94 valence electrons. The maximum Gasteiger partial charge on any atom is 0.123 e. The van der Waals surface area contributed by atoms with Crippen LogP contribution in [-0.4, -0.2) is 31.1 Å². The van der Waals surface area contributed by atoms with Crippen LogP contribution in [0.2, 0.25) is 0 Å². The summed E-state index contributed by atoms with van der Waals surface area (Å²) in [6, 6.07) is 5.45. The van der Waals surface area contributed by atoms with E-state index in [1.54, 1.807) is 12.1 Å². The SMILES string of the molecule is CNC1CCCN(Cc2cc(F)ccc2Br)C1. The molecule has 1 N–H and O–H groups in total. The smallest absolute Gasteiger partial charge is 0.123 e. The monoisotopic (exact) mass is 300 g/mol. The molecule has 1 unspecified atom stereocenters. The molecule has 0 aromatic heterocycles. The minimum atomic E-state index is -0.162. The van der Waals surface area contributed by atoms with Crippen molar-refractivity contribution in [1.29, 1.82) is 0 Å². The first-order chi connectivity index (χ1) is 8.19. The van der Waals surface area contributed by atoms with Gasteiger partial charge in [0.05, 0.1) is 0 Å². The van der Waals surface area contributed by atoms with Gasteiger partial charge in [0.25, 0.3) is 0 Å². The van der Waals surface area contributed by atoms with Crippen LogP contribution < -0.4 is 5.32 Å². The van der Waals surface area contributed by atoms with Gasteiger partial charge in [-0.2, -0.15) is 0 Å². The van der Waals surface area contributed by atoms with Crippen LogP contribution in [0.5, 0.6) is 0 Å². The standard InChI is InChI=1S/C13H18BrFN2/c1-16-12-3-2-6-17(9-12)8-10-7-11(15)4-5-13(10)14/h4-5,7,12,16H,2-3,6,8-9H2,1H3. The Balaban J connectivity index is 2.02. The first kappa shape index (κ1) is 13.0. The van der Waals surface area contributed by atoms with E-state index in [1.165, 1.54) is 18.9 Å². The molecule has 0 bridgehead atoms. The average molecular weight is 301 g/mol. The quantitative estimate of drug-likeness (QED) is 0.923. The van der Waals surface area contributed by atoms with Crippen molar-refractivity contribution < 1.29 is 4.39 Å². The Labute approximate surface area is 110 Å². The summed E-state index contributed by atoms with van der Waals surface area (Å²) in [6.07, 6.45) is 2.44. The minimum absolute atomic E-state index is 0.162. The minimum Gasteiger partial charge on any atom is -0.316 e. The fourth-order valence-corrected chi connectivity index (χ4v) is 2.71. The van der Waals surface area contributed by atoms with E-state index >= 15 is 0 Å². The van der Waals surface area contributed by atoms with Gasteiger partial charge in [-0.05, 0) is 50.2 Å². The fraction of sp³-hybridized carbons (Fsp3) is 0.538. The fourth-order valence-electron chi connectivity index (χ4n) is 2.34. The van der Waals surface area contributed by atoms with E-state index < -0.39 is 0 Å². The maximum absolute atomic E-state index is 13.2. The van der Waals surface area contributed by atoms with Gasteiger partial charge >= 0.3 is 0 Å². The second-order valence-corrected chi connectivity index (χ2v) is 5.45. The Hall–Kier alpha value is -0.450. The molecule has 17 heavy (non-hydrogen) atoms. The Kier molecular flexibility index (Phi) is 4.54. The summed E-state index contributed by atoms with van der Waals surface area (Å²) in [6.45, 7) is 2.96. The molecule has 0 radical (unpaired) electrons. The normalized spacial score (nSPS) is 21.7. The number of nitrogens with zero attached hydrogens (tertiary/aromatic N) is 1. The molecule has 1 aromatic rings. The maximum atomic E-state index is 13.2. The molecule has 1 aliphatic rings. The highest BCUT2D eigenvalue weighted by Gasteiger charge is 2.19. The van der Waals surface area contributed by atoms with Gasteiger partial charge in [-0.25, -0.2) is 4.39 Å². The van der Waals surface area contributed by atoms with E-state index in [4.69, 9.17) is 0 Å². The molecular weight excluding hydrogens is 283 g/mol. The van der Waals surface area contributed by atoms with Crippen LogP contribution in [0.1, 0.15) is 18.4 Å². The number of nitrogens with one attached hydrogen (secondary N) is 1. The Morgan fingerprint density at radius 1 is 1.53 bits per heavy atom. The van der Waals surface area contributed by atoms with Gasteiger partial charge in [0.2, 0.25) is 0 Å². The molecule has 0 aliphatic carbocycles. The number of benzene rings is 1. The first-order valence-electron chi connectivity index (χ1n) is 6.02. The van der Waals surface area contributed by atoms with Crippen molar-refractivity contribution in [2.45, 2.75) is 25.4 Å². The van der Waals surface area contributed by atoms with Crippen molar-refractivity contribution in [3.05, 3.63) is 34.1 Å². The van der Waals surface area contributed by atoms with Crippen LogP contribution in [0.4, 0.5) is 4.39 Å². The summed E-state index contributed by atoms with van der Waals surface area (Å²) >= 11 is 3.48. The molecule has 1 heterocycles. The summed E-state index contributed by atoms with van der Waals surface area (Å²) in [5.41, 5.74) is 1.03. The largest absolute Gasteiger partial charge is 0.316 e. The third kappa shape index (κ3) is 3.50. The Bertz CT molecular complexity index is 384. The van der Waals surface area contributed by atoms with E-state index in [2.05, 4.69) is 26.1 Å². The van der Waals surface area contributed by atoms with Crippen molar-refractivity contribution in [2.75, 3.05) is 20.1 Å². The zero-order valence-corrected chi connectivity index (χ0v) is 11.6. The lowest BCUT2D eigenvalue weighted by atomic mass is 10.1. The lowest BCUT2D eigenvalue weighted by Crippen LogP contribution is -2.43. The molecule has 0 spiro atoms. The van der Waals surface area contributed by atoms with Gasteiger partial charge in [-0.3, -0.25) is 4.90 Å². The van der Waals surface area contributed by atoms with Gasteiger partial charge in [-0.15, -0.1) is 0 Å². The van der Waals surface area contributed by atoms with Crippen LogP contribution in [0, 0.1) is 5.82 Å². The van der Waals surface area contributed by atoms with Gasteiger partial charge in [0, 0.05) is 23.6 Å². The lowest BCUT2D eigenvalue weighted by Gasteiger charge is -2.32. The average Bonchev–Trinajstić information content (AvgIpc) is 2.34. The number of rotatable bonds is 3. The summed E-state index contributed by atoms with van der Waals surface area (Å²) in [7, 11) is 2.01. The van der Waals surface area contributed by atoms with Crippen LogP contribution in [-0.2, 0) is 6.54 Å². The van der Waals surface area contributed by atoms with Crippen molar-refractivity contribution in [1.82, 2.24) is 10.2 Å². The van der Waals surface area contributed by atoms with E-state index in [9.17, 15) is 4.39 Å². The van der Waals surface area contributed by atoms with Crippen molar-refractivity contribution >= 4 is 15.9 Å². The van der Waals surface area contributed by atoms with Crippen molar-refractivity contribution in [3.63, 3.8) is 0 Å². The second-order valence-electron chi connectivity index (χ2n) is 4.60. The highest BCUT2D eigenvalue weighted by Crippen LogP contribution is 2.21. The van der Waals surface area contributed by atoms with E-state index in [-0.39, 0.29) is 5.82 Å². The molecule has 4 heteroatoms. The number of likely N-dealkylation sites (tertiary alicyclic amines) is 1. The highest BCUT2D eigenvalue weighted by atomic mass is 79.9. The van der Waals surface area contributed by atoms with Gasteiger partial charge in [0.15, 0.2) is 0 Å². The van der Waals surface area contributed by atoms with E-state index in [0.717, 1.165) is 29.7 Å². The molecule has 1 aromatic carbocycles. The molecular formula is C13H18BrFN2. The molecule has 2 rings (SSSR count). The molecule has 1 aliphatic heterocycles. The third-order valence-corrected chi connectivity index (χ3v) is 4.09. The zero-order chi connectivity index (χ0) is 12.3. The van der Waals surface area contributed by atoms with Crippen LogP contribution in [0.15, 0.2) is 22.7 Å². The number of halogens is 2. The van der Waals surface area contributed by atoms with Gasteiger partial charge in [0.1, 0.15) is 5.82 Å². The molecule has 2 nitrogen and oxygen atoms in total. The van der Waals surface area contributed by atoms with E-state index in [0.29, 0.717) is 6.04 Å². The zero-order valence-electron chi connectivity index (χ0n) is 10.0. The molecule has 1 fully saturated rings. The van der Waals surface area contributed by atoms with Crippen LogP contribution in [0.25, 0.3) is 0 Å². The van der Waals surface area contributed by atoms with Crippen LogP contribution >= 0.6 is 15.9 Å². The van der Waals surface area contributed by atoms with Gasteiger partial charge < -0.3 is 5.32 Å². The highest BCUT2D eigenvalue weighted by molar-refractivity contribution is 9.10. The Morgan fingerprint density at radius 3 is 3.12 bits per heavy atom. The summed E-state index contributed by atoms with van der Waals surface area (Å²) < 4.78 is 14.2. The topological polar surface area (TPSA) is 15.3 Å². The van der Waals surface area contributed by atoms with E-state index in [1.807, 2.05) is 7.05 Å². The van der Waals surface area contributed by atoms with Gasteiger partial charge in [-0.1, -0.05) is 15.9 Å². The first-order valence-corrected chi connectivity index (χ1v) is 6.82.